The van der Waals surface area contributed by atoms with Crippen molar-refractivity contribution in [3.63, 3.8) is 0 Å². The topological polar surface area (TPSA) is 64.0 Å². The maximum Gasteiger partial charge on any atom is 0.240 e. The van der Waals surface area contributed by atoms with Crippen molar-refractivity contribution >= 4 is 33.2 Å². The van der Waals surface area contributed by atoms with Crippen LogP contribution in [0.4, 0.5) is 0 Å². The summed E-state index contributed by atoms with van der Waals surface area (Å²) in [6, 6.07) is 4.20. The highest BCUT2D eigenvalue weighted by atomic mass is 35.5. The smallest absolute Gasteiger partial charge is 0.240 e. The molecular formula is C13H15Cl2N3O2S. The van der Waals surface area contributed by atoms with Crippen molar-refractivity contribution in [3.8, 4) is 0 Å². The minimum atomic E-state index is -3.68. The maximum absolute atomic E-state index is 12.3. The van der Waals surface area contributed by atoms with Crippen LogP contribution in [0.3, 0.4) is 0 Å². The van der Waals surface area contributed by atoms with E-state index in [9.17, 15) is 8.42 Å². The molecule has 0 spiro atoms. The Bertz CT molecular complexity index is 765. The lowest BCUT2D eigenvalue weighted by Gasteiger charge is -2.08. The Balaban J connectivity index is 2.26. The van der Waals surface area contributed by atoms with Crippen LogP contribution < -0.4 is 4.72 Å². The first-order valence-corrected chi connectivity index (χ1v) is 8.39. The van der Waals surface area contributed by atoms with E-state index in [2.05, 4.69) is 9.82 Å². The fourth-order valence-electron chi connectivity index (χ4n) is 2.01. The Hall–Kier alpha value is -1.08. The molecule has 114 valence electrons. The molecule has 1 aromatic heterocycles. The molecule has 0 aliphatic carbocycles. The molecule has 2 aromatic rings. The summed E-state index contributed by atoms with van der Waals surface area (Å²) in [5.41, 5.74) is 2.57. The Morgan fingerprint density at radius 1 is 1.19 bits per heavy atom. The predicted molar refractivity (Wildman–Crippen MR) is 83.2 cm³/mol. The highest BCUT2D eigenvalue weighted by Gasteiger charge is 2.17. The quantitative estimate of drug-likeness (QED) is 0.924. The normalized spacial score (nSPS) is 11.9. The molecule has 0 bridgehead atoms. The lowest BCUT2D eigenvalue weighted by atomic mass is 10.2. The Morgan fingerprint density at radius 3 is 2.24 bits per heavy atom. The number of halogens is 2. The maximum atomic E-state index is 12.3. The number of aryl methyl sites for hydroxylation is 2. The number of nitrogens with zero attached hydrogens (tertiary/aromatic N) is 2. The standard InChI is InChI=1S/C13H15Cl2N3O2S/c1-8-13(9(2)18(3)17-8)7-16-21(19,20)12-5-10(14)4-11(15)6-12/h4-6,16H,7H2,1-3H3. The van der Waals surface area contributed by atoms with E-state index < -0.39 is 10.0 Å². The predicted octanol–water partition coefficient (Wildman–Crippen LogP) is 2.82. The summed E-state index contributed by atoms with van der Waals surface area (Å²) in [5.74, 6) is 0. The lowest BCUT2D eigenvalue weighted by Crippen LogP contribution is -2.23. The van der Waals surface area contributed by atoms with Crippen LogP contribution in [0.2, 0.25) is 10.0 Å². The third-order valence-corrected chi connectivity index (χ3v) is 5.06. The minimum absolute atomic E-state index is 0.0409. The molecule has 0 atom stereocenters. The van der Waals surface area contributed by atoms with Gasteiger partial charge in [-0.05, 0) is 32.0 Å². The Labute approximate surface area is 133 Å². The molecule has 5 nitrogen and oxygen atoms in total. The second-order valence-corrected chi connectivity index (χ2v) is 7.34. The summed E-state index contributed by atoms with van der Waals surface area (Å²) in [6.45, 7) is 3.89. The monoisotopic (exact) mass is 347 g/mol. The van der Waals surface area contributed by atoms with Gasteiger partial charge >= 0.3 is 0 Å². The van der Waals surface area contributed by atoms with Crippen LogP contribution in [0.15, 0.2) is 23.1 Å². The van der Waals surface area contributed by atoms with Gasteiger partial charge in [0.05, 0.1) is 10.6 Å². The van der Waals surface area contributed by atoms with Gasteiger partial charge in [0.2, 0.25) is 10.0 Å². The molecule has 1 N–H and O–H groups in total. The van der Waals surface area contributed by atoms with E-state index >= 15 is 0 Å². The van der Waals surface area contributed by atoms with Gasteiger partial charge < -0.3 is 0 Å². The van der Waals surface area contributed by atoms with Crippen LogP contribution >= 0.6 is 23.2 Å². The highest BCUT2D eigenvalue weighted by molar-refractivity contribution is 7.89. The van der Waals surface area contributed by atoms with Gasteiger partial charge in [-0.1, -0.05) is 23.2 Å². The third kappa shape index (κ3) is 3.58. The van der Waals surface area contributed by atoms with E-state index in [-0.39, 0.29) is 21.5 Å². The van der Waals surface area contributed by atoms with Crippen LogP contribution in [0.1, 0.15) is 17.0 Å². The molecule has 21 heavy (non-hydrogen) atoms. The average molecular weight is 348 g/mol. The van der Waals surface area contributed by atoms with Crippen molar-refractivity contribution in [2.24, 2.45) is 7.05 Å². The van der Waals surface area contributed by atoms with Crippen molar-refractivity contribution in [2.45, 2.75) is 25.3 Å². The van der Waals surface area contributed by atoms with Crippen molar-refractivity contribution < 1.29 is 8.42 Å². The fourth-order valence-corrected chi connectivity index (χ4v) is 3.73. The zero-order valence-corrected chi connectivity index (χ0v) is 14.1. The second kappa shape index (κ2) is 5.96. The Kier molecular flexibility index (Phi) is 4.63. The minimum Gasteiger partial charge on any atom is -0.272 e. The van der Waals surface area contributed by atoms with Gasteiger partial charge in [0.1, 0.15) is 0 Å². The molecule has 1 heterocycles. The van der Waals surface area contributed by atoms with Gasteiger partial charge in [-0.2, -0.15) is 5.10 Å². The molecule has 0 saturated heterocycles. The molecule has 0 aliphatic heterocycles. The molecule has 8 heteroatoms. The first-order chi connectivity index (χ1) is 9.70. The van der Waals surface area contributed by atoms with Crippen molar-refractivity contribution in [1.29, 1.82) is 0 Å². The largest absolute Gasteiger partial charge is 0.272 e. The summed E-state index contributed by atoms with van der Waals surface area (Å²) in [4.78, 5) is 0.0409. The summed E-state index contributed by atoms with van der Waals surface area (Å²) in [7, 11) is -1.87. The number of hydrogen-bond acceptors (Lipinski definition) is 3. The first-order valence-electron chi connectivity index (χ1n) is 6.15. The summed E-state index contributed by atoms with van der Waals surface area (Å²) in [6.07, 6.45) is 0. The first kappa shape index (κ1) is 16.3. The molecular weight excluding hydrogens is 333 g/mol. The molecule has 0 radical (unpaired) electrons. The summed E-state index contributed by atoms with van der Waals surface area (Å²) >= 11 is 11.7. The van der Waals surface area contributed by atoms with Crippen LogP contribution in [-0.2, 0) is 23.6 Å². The fraction of sp³-hybridized carbons (Fsp3) is 0.308. The lowest BCUT2D eigenvalue weighted by molar-refractivity contribution is 0.581. The van der Waals surface area contributed by atoms with Gasteiger partial charge in [-0.3, -0.25) is 4.68 Å². The van der Waals surface area contributed by atoms with Gasteiger partial charge in [0, 0.05) is 34.9 Å². The van der Waals surface area contributed by atoms with E-state index in [1.807, 2.05) is 20.9 Å². The highest BCUT2D eigenvalue weighted by Crippen LogP contribution is 2.22. The van der Waals surface area contributed by atoms with E-state index in [1.54, 1.807) is 4.68 Å². The summed E-state index contributed by atoms with van der Waals surface area (Å²) in [5, 5.41) is 4.80. The second-order valence-electron chi connectivity index (χ2n) is 4.70. The van der Waals surface area contributed by atoms with E-state index in [4.69, 9.17) is 23.2 Å². The van der Waals surface area contributed by atoms with Gasteiger partial charge in [0.25, 0.3) is 0 Å². The van der Waals surface area contributed by atoms with Crippen LogP contribution in [0.5, 0.6) is 0 Å². The van der Waals surface area contributed by atoms with Crippen LogP contribution in [0.25, 0.3) is 0 Å². The average Bonchev–Trinajstić information content (AvgIpc) is 2.60. The van der Waals surface area contributed by atoms with Gasteiger partial charge in [0.15, 0.2) is 0 Å². The van der Waals surface area contributed by atoms with Crippen molar-refractivity contribution in [2.75, 3.05) is 0 Å². The number of benzene rings is 1. The molecule has 0 saturated carbocycles. The third-order valence-electron chi connectivity index (χ3n) is 3.24. The van der Waals surface area contributed by atoms with E-state index in [0.717, 1.165) is 17.0 Å². The number of nitrogens with one attached hydrogen (secondary N) is 1. The van der Waals surface area contributed by atoms with Crippen molar-refractivity contribution in [3.05, 3.63) is 45.2 Å². The van der Waals surface area contributed by atoms with Crippen LogP contribution in [0, 0.1) is 13.8 Å². The molecule has 0 unspecified atom stereocenters. The van der Waals surface area contributed by atoms with E-state index in [0.29, 0.717) is 0 Å². The Morgan fingerprint density at radius 2 is 1.76 bits per heavy atom. The van der Waals surface area contributed by atoms with Crippen molar-refractivity contribution in [1.82, 2.24) is 14.5 Å². The zero-order valence-electron chi connectivity index (χ0n) is 11.8. The number of aromatic nitrogens is 2. The van der Waals surface area contributed by atoms with E-state index in [1.165, 1.54) is 18.2 Å². The number of sulfonamides is 1. The SMILES string of the molecule is Cc1nn(C)c(C)c1CNS(=O)(=O)c1cc(Cl)cc(Cl)c1. The van der Waals surface area contributed by atoms with Gasteiger partial charge in [-0.25, -0.2) is 13.1 Å². The number of rotatable bonds is 4. The summed E-state index contributed by atoms with van der Waals surface area (Å²) < 4.78 is 28.8. The molecule has 1 aromatic carbocycles. The van der Waals surface area contributed by atoms with Gasteiger partial charge in [-0.15, -0.1) is 0 Å². The zero-order chi connectivity index (χ0) is 15.8. The number of hydrogen-bond donors (Lipinski definition) is 1. The van der Waals surface area contributed by atoms with Crippen LogP contribution in [-0.4, -0.2) is 18.2 Å². The molecule has 2 rings (SSSR count). The molecule has 0 aliphatic rings. The molecule has 0 amide bonds. The molecule has 0 fully saturated rings.